The average Bonchev–Trinajstić information content (AvgIpc) is 2.67. The molecule has 6 nitrogen and oxygen atoms in total. The summed E-state index contributed by atoms with van der Waals surface area (Å²) >= 11 is 0. The monoisotopic (exact) mass is 336 g/mol. The third-order valence-electron chi connectivity index (χ3n) is 4.97. The second kappa shape index (κ2) is 6.89. The lowest BCUT2D eigenvalue weighted by Gasteiger charge is -2.37. The fourth-order valence-electron chi connectivity index (χ4n) is 3.36. The second-order valence-corrected chi connectivity index (χ2v) is 6.46. The molecule has 1 aromatic carbocycles. The summed E-state index contributed by atoms with van der Waals surface area (Å²) in [6, 6.07) is 9.40. The molecule has 3 rings (SSSR count). The number of nitrogens with one attached hydrogen (secondary N) is 1. The number of nitrogens with zero attached hydrogens (tertiary/aromatic N) is 3. The zero-order chi connectivity index (χ0) is 17.9. The standard InChI is InChI=1S/C19H20N4O2/c1-2-3-8-19(13-20)9-11-23(12-10-19)18(25)16-14-6-4-5-7-15(14)17(24)22-21-16/h2,4-7H,1,3,8-12H2,(H,22,24). The van der Waals surface area contributed by atoms with Crippen LogP contribution in [0.25, 0.3) is 10.8 Å². The molecule has 1 aliphatic rings. The number of fused-ring (bicyclic) bond motifs is 1. The number of nitriles is 1. The molecule has 2 aromatic rings. The minimum atomic E-state index is -0.383. The SMILES string of the molecule is C=CCCC1(C#N)CCN(C(=O)c2n[nH]c(=O)c3ccccc23)CC1. The van der Waals surface area contributed by atoms with Gasteiger partial charge in [0.25, 0.3) is 11.5 Å². The Hall–Kier alpha value is -2.94. The van der Waals surface area contributed by atoms with Crippen LogP contribution in [0.15, 0.2) is 41.7 Å². The van der Waals surface area contributed by atoms with Gasteiger partial charge in [-0.3, -0.25) is 9.59 Å². The van der Waals surface area contributed by atoms with Gasteiger partial charge in [-0.05, 0) is 31.7 Å². The Morgan fingerprint density at radius 2 is 2.04 bits per heavy atom. The van der Waals surface area contributed by atoms with E-state index in [0.717, 1.165) is 12.8 Å². The van der Waals surface area contributed by atoms with Crippen molar-refractivity contribution in [1.29, 1.82) is 5.26 Å². The van der Waals surface area contributed by atoms with Gasteiger partial charge in [0.05, 0.1) is 16.9 Å². The Morgan fingerprint density at radius 3 is 2.68 bits per heavy atom. The molecule has 2 heterocycles. The number of piperidine rings is 1. The van der Waals surface area contributed by atoms with E-state index >= 15 is 0 Å². The Labute approximate surface area is 145 Å². The Kier molecular flexibility index (Phi) is 4.66. The van der Waals surface area contributed by atoms with E-state index in [-0.39, 0.29) is 22.6 Å². The van der Waals surface area contributed by atoms with Crippen LogP contribution in [0, 0.1) is 16.7 Å². The fraction of sp³-hybridized carbons (Fsp3) is 0.368. The lowest BCUT2D eigenvalue weighted by atomic mass is 9.76. The van der Waals surface area contributed by atoms with Gasteiger partial charge in [-0.15, -0.1) is 6.58 Å². The maximum absolute atomic E-state index is 12.9. The van der Waals surface area contributed by atoms with Crippen molar-refractivity contribution in [2.45, 2.75) is 25.7 Å². The van der Waals surface area contributed by atoms with Crippen molar-refractivity contribution >= 4 is 16.7 Å². The predicted octanol–water partition coefficient (Wildman–Crippen LogP) is 2.64. The molecule has 128 valence electrons. The van der Waals surface area contributed by atoms with E-state index < -0.39 is 0 Å². The molecule has 1 aliphatic heterocycles. The lowest BCUT2D eigenvalue weighted by Crippen LogP contribution is -2.43. The molecule has 1 amide bonds. The third kappa shape index (κ3) is 3.18. The minimum absolute atomic E-state index is 0.206. The number of carbonyl (C=O) groups is 1. The molecule has 0 aliphatic carbocycles. The molecular weight excluding hydrogens is 316 g/mol. The van der Waals surface area contributed by atoms with Crippen LogP contribution in [-0.2, 0) is 0 Å². The third-order valence-corrected chi connectivity index (χ3v) is 4.97. The highest BCUT2D eigenvalue weighted by Gasteiger charge is 2.36. The van der Waals surface area contributed by atoms with E-state index in [1.165, 1.54) is 0 Å². The Morgan fingerprint density at radius 1 is 1.36 bits per heavy atom. The summed E-state index contributed by atoms with van der Waals surface area (Å²) in [4.78, 5) is 26.5. The van der Waals surface area contributed by atoms with Gasteiger partial charge in [0.2, 0.25) is 0 Å². The van der Waals surface area contributed by atoms with Gasteiger partial charge in [-0.1, -0.05) is 24.3 Å². The first-order valence-corrected chi connectivity index (χ1v) is 8.39. The van der Waals surface area contributed by atoms with Crippen molar-refractivity contribution < 1.29 is 4.79 Å². The maximum Gasteiger partial charge on any atom is 0.274 e. The van der Waals surface area contributed by atoms with Crippen molar-refractivity contribution in [3.63, 3.8) is 0 Å². The summed E-state index contributed by atoms with van der Waals surface area (Å²) in [5, 5.41) is 16.9. The van der Waals surface area contributed by atoms with Crippen LogP contribution < -0.4 is 5.56 Å². The number of hydrogen-bond acceptors (Lipinski definition) is 4. The van der Waals surface area contributed by atoms with Crippen molar-refractivity contribution in [2.75, 3.05) is 13.1 Å². The maximum atomic E-state index is 12.9. The number of H-pyrrole nitrogens is 1. The van der Waals surface area contributed by atoms with E-state index in [2.05, 4.69) is 22.8 Å². The lowest BCUT2D eigenvalue weighted by molar-refractivity contribution is 0.0635. The first kappa shape index (κ1) is 16.9. The largest absolute Gasteiger partial charge is 0.337 e. The Balaban J connectivity index is 1.82. The van der Waals surface area contributed by atoms with Gasteiger partial charge < -0.3 is 4.90 Å². The van der Waals surface area contributed by atoms with Crippen LogP contribution in [-0.4, -0.2) is 34.1 Å². The van der Waals surface area contributed by atoms with Crippen LogP contribution in [0.1, 0.15) is 36.2 Å². The molecule has 1 N–H and O–H groups in total. The molecule has 6 heteroatoms. The summed E-state index contributed by atoms with van der Waals surface area (Å²) in [6.07, 6.45) is 4.68. The zero-order valence-electron chi connectivity index (χ0n) is 14.0. The van der Waals surface area contributed by atoms with E-state index in [1.54, 1.807) is 29.2 Å². The predicted molar refractivity (Wildman–Crippen MR) is 95.0 cm³/mol. The quantitative estimate of drug-likeness (QED) is 0.869. The second-order valence-electron chi connectivity index (χ2n) is 6.46. The van der Waals surface area contributed by atoms with Gasteiger partial charge in [0.1, 0.15) is 0 Å². The number of amides is 1. The van der Waals surface area contributed by atoms with Crippen molar-refractivity contribution in [3.05, 3.63) is 53.0 Å². The van der Waals surface area contributed by atoms with Crippen LogP contribution in [0.2, 0.25) is 0 Å². The summed E-state index contributed by atoms with van der Waals surface area (Å²) in [6.45, 7) is 4.74. The summed E-state index contributed by atoms with van der Waals surface area (Å²) in [5.74, 6) is -0.206. The first-order valence-electron chi connectivity index (χ1n) is 8.39. The van der Waals surface area contributed by atoms with Crippen molar-refractivity contribution in [3.8, 4) is 6.07 Å². The highest BCUT2D eigenvalue weighted by molar-refractivity contribution is 6.04. The van der Waals surface area contributed by atoms with Crippen molar-refractivity contribution in [2.24, 2.45) is 5.41 Å². The number of carbonyl (C=O) groups excluding carboxylic acids is 1. The van der Waals surface area contributed by atoms with Gasteiger partial charge in [0, 0.05) is 18.5 Å². The number of rotatable bonds is 4. The number of aromatic amines is 1. The summed E-state index contributed by atoms with van der Waals surface area (Å²) < 4.78 is 0. The highest BCUT2D eigenvalue weighted by atomic mass is 16.2. The number of hydrogen-bond donors (Lipinski definition) is 1. The van der Waals surface area contributed by atoms with Gasteiger partial charge in [0.15, 0.2) is 5.69 Å². The molecule has 1 fully saturated rings. The number of aromatic nitrogens is 2. The minimum Gasteiger partial charge on any atom is -0.337 e. The molecule has 0 unspecified atom stereocenters. The molecule has 0 spiro atoms. The van der Waals surface area contributed by atoms with Crippen molar-refractivity contribution in [1.82, 2.24) is 15.1 Å². The molecule has 0 bridgehead atoms. The van der Waals surface area contributed by atoms with Gasteiger partial charge in [-0.2, -0.15) is 10.4 Å². The molecule has 1 aromatic heterocycles. The van der Waals surface area contributed by atoms with E-state index in [4.69, 9.17) is 0 Å². The number of likely N-dealkylation sites (tertiary alicyclic amines) is 1. The van der Waals surface area contributed by atoms with Crippen LogP contribution in [0.3, 0.4) is 0 Å². The average molecular weight is 336 g/mol. The van der Waals surface area contributed by atoms with E-state index in [1.807, 2.05) is 6.08 Å². The molecule has 0 radical (unpaired) electrons. The smallest absolute Gasteiger partial charge is 0.274 e. The number of benzene rings is 1. The van der Waals surface area contributed by atoms with Gasteiger partial charge in [-0.25, -0.2) is 5.10 Å². The Bertz CT molecular complexity index is 902. The van der Waals surface area contributed by atoms with Crippen LogP contribution in [0.4, 0.5) is 0 Å². The normalized spacial score (nSPS) is 16.4. The van der Waals surface area contributed by atoms with Crippen LogP contribution in [0.5, 0.6) is 0 Å². The summed E-state index contributed by atoms with van der Waals surface area (Å²) in [7, 11) is 0. The van der Waals surface area contributed by atoms with E-state index in [0.29, 0.717) is 36.7 Å². The first-order chi connectivity index (χ1) is 12.1. The topological polar surface area (TPSA) is 89.8 Å². The number of allylic oxidation sites excluding steroid dienone is 1. The molecule has 0 saturated carbocycles. The molecule has 0 atom stereocenters. The molecule has 1 saturated heterocycles. The fourth-order valence-corrected chi connectivity index (χ4v) is 3.36. The summed E-state index contributed by atoms with van der Waals surface area (Å²) in [5.41, 5.74) is -0.435. The molecule has 25 heavy (non-hydrogen) atoms. The van der Waals surface area contributed by atoms with Crippen LogP contribution >= 0.6 is 0 Å². The zero-order valence-corrected chi connectivity index (χ0v) is 14.0. The van der Waals surface area contributed by atoms with E-state index in [9.17, 15) is 14.9 Å². The highest BCUT2D eigenvalue weighted by Crippen LogP contribution is 2.36. The molecular formula is C19H20N4O2. The van der Waals surface area contributed by atoms with Gasteiger partial charge >= 0.3 is 0 Å².